The van der Waals surface area contributed by atoms with Crippen molar-refractivity contribution in [1.29, 1.82) is 0 Å². The highest BCUT2D eigenvalue weighted by Crippen LogP contribution is 2.26. The first-order chi connectivity index (χ1) is 12.8. The molecular formula is C21H20N2O2S. The third kappa shape index (κ3) is 3.69. The van der Waals surface area contributed by atoms with Crippen LogP contribution < -0.4 is 5.32 Å². The first-order valence-corrected chi connectivity index (χ1v) is 9.66. The van der Waals surface area contributed by atoms with E-state index in [-0.39, 0.29) is 5.97 Å². The summed E-state index contributed by atoms with van der Waals surface area (Å²) in [6.07, 6.45) is 4.99. The molecule has 1 aliphatic heterocycles. The van der Waals surface area contributed by atoms with Crippen molar-refractivity contribution in [3.05, 3.63) is 71.9 Å². The molecule has 0 saturated heterocycles. The quantitative estimate of drug-likeness (QED) is 0.399. The van der Waals surface area contributed by atoms with Crippen molar-refractivity contribution in [1.82, 2.24) is 10.3 Å². The molecule has 0 amide bonds. The van der Waals surface area contributed by atoms with Gasteiger partial charge in [0, 0.05) is 28.5 Å². The van der Waals surface area contributed by atoms with E-state index < -0.39 is 0 Å². The van der Waals surface area contributed by atoms with Gasteiger partial charge in [-0.1, -0.05) is 48.2 Å². The normalized spacial score (nSPS) is 14.2. The predicted molar refractivity (Wildman–Crippen MR) is 106 cm³/mol. The third-order valence-electron chi connectivity index (χ3n) is 4.50. The van der Waals surface area contributed by atoms with Gasteiger partial charge >= 0.3 is 5.97 Å². The van der Waals surface area contributed by atoms with Gasteiger partial charge in [-0.05, 0) is 42.3 Å². The maximum absolute atomic E-state index is 12.4. The number of hydrogen-bond donors (Lipinski definition) is 2. The van der Waals surface area contributed by atoms with Crippen LogP contribution in [-0.2, 0) is 4.74 Å². The van der Waals surface area contributed by atoms with E-state index in [9.17, 15) is 4.79 Å². The largest absolute Gasteiger partial charge is 0.451 e. The van der Waals surface area contributed by atoms with Crippen LogP contribution in [0.15, 0.2) is 65.7 Å². The number of aromatic nitrogens is 1. The Morgan fingerprint density at radius 3 is 2.85 bits per heavy atom. The lowest BCUT2D eigenvalue weighted by Crippen LogP contribution is -2.19. The van der Waals surface area contributed by atoms with Crippen LogP contribution in [0.3, 0.4) is 0 Å². The highest BCUT2D eigenvalue weighted by molar-refractivity contribution is 7.99. The number of nitrogens with one attached hydrogen (secondary N) is 2. The Hall–Kier alpha value is -2.50. The van der Waals surface area contributed by atoms with Gasteiger partial charge in [-0.25, -0.2) is 4.79 Å². The molecule has 0 unspecified atom stereocenters. The van der Waals surface area contributed by atoms with Crippen LogP contribution in [0.2, 0.25) is 0 Å². The van der Waals surface area contributed by atoms with Crippen LogP contribution in [0.5, 0.6) is 0 Å². The van der Waals surface area contributed by atoms with E-state index in [2.05, 4.69) is 28.5 Å². The molecule has 2 aromatic carbocycles. The zero-order chi connectivity index (χ0) is 17.8. The third-order valence-corrected chi connectivity index (χ3v) is 5.34. The maximum Gasteiger partial charge on any atom is 0.341 e. The molecule has 0 bridgehead atoms. The van der Waals surface area contributed by atoms with Crippen molar-refractivity contribution >= 4 is 34.2 Å². The molecule has 4 rings (SSSR count). The molecule has 26 heavy (non-hydrogen) atoms. The van der Waals surface area contributed by atoms with Gasteiger partial charge in [-0.3, -0.25) is 0 Å². The summed E-state index contributed by atoms with van der Waals surface area (Å²) in [6, 6.07) is 16.1. The summed E-state index contributed by atoms with van der Waals surface area (Å²) in [5.74, 6) is 0.00142. The average molecular weight is 364 g/mol. The predicted octanol–water partition coefficient (Wildman–Crippen LogP) is 4.45. The molecule has 1 aromatic heterocycles. The number of benzene rings is 2. The van der Waals surface area contributed by atoms with E-state index in [1.54, 1.807) is 6.20 Å². The van der Waals surface area contributed by atoms with Crippen LogP contribution in [0.4, 0.5) is 0 Å². The fourth-order valence-corrected chi connectivity index (χ4v) is 3.78. The van der Waals surface area contributed by atoms with Crippen molar-refractivity contribution in [2.45, 2.75) is 11.3 Å². The van der Waals surface area contributed by atoms with Crippen molar-refractivity contribution < 1.29 is 9.53 Å². The SMILES string of the molecule is O=C(OCSc1ccccc1)c1c[nH]c2cc(C3=CCNCC3)ccc12. The molecule has 2 heterocycles. The number of carbonyl (C=O) groups is 1. The molecule has 0 fully saturated rings. The van der Waals surface area contributed by atoms with Gasteiger partial charge in [0.05, 0.1) is 5.56 Å². The van der Waals surface area contributed by atoms with Crippen molar-refractivity contribution in [3.63, 3.8) is 0 Å². The first-order valence-electron chi connectivity index (χ1n) is 8.67. The summed E-state index contributed by atoms with van der Waals surface area (Å²) < 4.78 is 5.43. The molecule has 0 aliphatic carbocycles. The number of aromatic amines is 1. The molecule has 0 saturated carbocycles. The summed E-state index contributed by atoms with van der Waals surface area (Å²) in [6.45, 7) is 1.92. The smallest absolute Gasteiger partial charge is 0.341 e. The number of esters is 1. The second-order valence-electron chi connectivity index (χ2n) is 6.15. The van der Waals surface area contributed by atoms with E-state index >= 15 is 0 Å². The molecule has 4 nitrogen and oxygen atoms in total. The Morgan fingerprint density at radius 1 is 1.15 bits per heavy atom. The summed E-state index contributed by atoms with van der Waals surface area (Å²) in [4.78, 5) is 16.7. The molecule has 5 heteroatoms. The standard InChI is InChI=1S/C21H20N2O2S/c24-21(25-14-26-17-4-2-1-3-5-17)19-13-23-20-12-16(6-7-18(19)20)15-8-10-22-11-9-15/h1-8,12-13,22-23H,9-11,14H2. The number of hydrogen-bond acceptors (Lipinski definition) is 4. The Morgan fingerprint density at radius 2 is 2.04 bits per heavy atom. The summed E-state index contributed by atoms with van der Waals surface area (Å²) in [5, 5.41) is 4.23. The molecule has 0 radical (unpaired) electrons. The van der Waals surface area contributed by atoms with Gasteiger partial charge in [-0.2, -0.15) is 0 Å². The lowest BCUT2D eigenvalue weighted by atomic mass is 9.99. The highest BCUT2D eigenvalue weighted by Gasteiger charge is 2.15. The van der Waals surface area contributed by atoms with Gasteiger partial charge < -0.3 is 15.0 Å². The molecule has 0 spiro atoms. The molecule has 3 aromatic rings. The van der Waals surface area contributed by atoms with E-state index in [4.69, 9.17) is 4.74 Å². The van der Waals surface area contributed by atoms with Gasteiger partial charge in [0.15, 0.2) is 0 Å². The van der Waals surface area contributed by atoms with Gasteiger partial charge in [0.1, 0.15) is 5.94 Å². The van der Waals surface area contributed by atoms with Crippen molar-refractivity contribution in [2.24, 2.45) is 0 Å². The zero-order valence-electron chi connectivity index (χ0n) is 14.3. The molecule has 132 valence electrons. The molecule has 0 atom stereocenters. The lowest BCUT2D eigenvalue weighted by Gasteiger charge is -2.14. The minimum Gasteiger partial charge on any atom is -0.451 e. The van der Waals surface area contributed by atoms with Crippen LogP contribution >= 0.6 is 11.8 Å². The van der Waals surface area contributed by atoms with E-state index in [1.165, 1.54) is 22.9 Å². The Bertz CT molecular complexity index is 947. The second-order valence-corrected chi connectivity index (χ2v) is 7.15. The van der Waals surface area contributed by atoms with Gasteiger partial charge in [0.25, 0.3) is 0 Å². The van der Waals surface area contributed by atoms with Crippen molar-refractivity contribution in [2.75, 3.05) is 19.0 Å². The maximum atomic E-state index is 12.4. The average Bonchev–Trinajstić information content (AvgIpc) is 3.13. The number of ether oxygens (including phenoxy) is 1. The van der Waals surface area contributed by atoms with Gasteiger partial charge in [0.2, 0.25) is 0 Å². The number of carbonyl (C=O) groups excluding carboxylic acids is 1. The molecule has 2 N–H and O–H groups in total. The minimum atomic E-state index is -0.298. The lowest BCUT2D eigenvalue weighted by molar-refractivity contribution is 0.0581. The van der Waals surface area contributed by atoms with Crippen LogP contribution in [0.25, 0.3) is 16.5 Å². The number of fused-ring (bicyclic) bond motifs is 1. The van der Waals surface area contributed by atoms with Crippen molar-refractivity contribution in [3.8, 4) is 0 Å². The molecular weight excluding hydrogens is 344 g/mol. The first kappa shape index (κ1) is 16.9. The molecule has 1 aliphatic rings. The van der Waals surface area contributed by atoms with Gasteiger partial charge in [-0.15, -0.1) is 0 Å². The van der Waals surface area contributed by atoms with E-state index in [0.717, 1.165) is 35.3 Å². The second kappa shape index (κ2) is 7.81. The zero-order valence-corrected chi connectivity index (χ0v) is 15.1. The summed E-state index contributed by atoms with van der Waals surface area (Å²) in [5.41, 5.74) is 4.10. The minimum absolute atomic E-state index is 0.298. The fourth-order valence-electron chi connectivity index (χ4n) is 3.13. The number of thioether (sulfide) groups is 1. The topological polar surface area (TPSA) is 54.1 Å². The Balaban J connectivity index is 1.46. The number of H-pyrrole nitrogens is 1. The Kier molecular flexibility index (Phi) is 5.09. The summed E-state index contributed by atoms with van der Waals surface area (Å²) in [7, 11) is 0. The fraction of sp³-hybridized carbons (Fsp3) is 0.190. The Labute approximate surface area is 156 Å². The summed E-state index contributed by atoms with van der Waals surface area (Å²) >= 11 is 1.51. The van der Waals surface area contributed by atoms with E-state index in [0.29, 0.717) is 11.5 Å². The van der Waals surface area contributed by atoms with Crippen LogP contribution in [-0.4, -0.2) is 30.0 Å². The monoisotopic (exact) mass is 364 g/mol. The van der Waals surface area contributed by atoms with Crippen LogP contribution in [0.1, 0.15) is 22.3 Å². The van der Waals surface area contributed by atoms with Crippen LogP contribution in [0, 0.1) is 0 Å². The number of rotatable bonds is 5. The van der Waals surface area contributed by atoms with E-state index in [1.807, 2.05) is 36.4 Å². The highest BCUT2D eigenvalue weighted by atomic mass is 32.2.